The lowest BCUT2D eigenvalue weighted by atomic mass is 10.2. The first-order valence-electron chi connectivity index (χ1n) is 5.79. The molecule has 0 saturated heterocycles. The molecule has 0 unspecified atom stereocenters. The van der Waals surface area contributed by atoms with E-state index in [1.165, 1.54) is 6.20 Å². The highest BCUT2D eigenvalue weighted by Gasteiger charge is 2.16. The lowest BCUT2D eigenvalue weighted by molar-refractivity contribution is 0.0524. The van der Waals surface area contributed by atoms with E-state index < -0.39 is 0 Å². The minimum Gasteiger partial charge on any atom is -0.462 e. The molecule has 0 radical (unpaired) electrons. The summed E-state index contributed by atoms with van der Waals surface area (Å²) in [7, 11) is 1.81. The van der Waals surface area contributed by atoms with E-state index in [9.17, 15) is 4.79 Å². The van der Waals surface area contributed by atoms with Crippen molar-refractivity contribution in [2.45, 2.75) is 19.9 Å². The minimum absolute atomic E-state index is 0.323. The Bertz CT molecular complexity index is 362. The van der Waals surface area contributed by atoms with Gasteiger partial charge in [0.05, 0.1) is 18.5 Å². The van der Waals surface area contributed by atoms with Crippen LogP contribution >= 0.6 is 0 Å². The number of esters is 1. The van der Waals surface area contributed by atoms with Crippen molar-refractivity contribution in [2.24, 2.45) is 12.8 Å². The van der Waals surface area contributed by atoms with E-state index in [0.717, 1.165) is 18.7 Å². The monoisotopic (exact) mass is 240 g/mol. The fourth-order valence-corrected chi connectivity index (χ4v) is 1.49. The topological polar surface area (TPSA) is 82.2 Å². The molecule has 0 aliphatic carbocycles. The second-order valence-corrected chi connectivity index (χ2v) is 3.67. The van der Waals surface area contributed by atoms with Gasteiger partial charge in [-0.2, -0.15) is 5.10 Å². The highest BCUT2D eigenvalue weighted by atomic mass is 16.5. The van der Waals surface area contributed by atoms with Gasteiger partial charge in [0.2, 0.25) is 0 Å². The molecule has 96 valence electrons. The van der Waals surface area contributed by atoms with Crippen molar-refractivity contribution in [3.05, 3.63) is 17.5 Å². The van der Waals surface area contributed by atoms with Crippen molar-refractivity contribution in [2.75, 3.05) is 19.7 Å². The molecular weight excluding hydrogens is 220 g/mol. The van der Waals surface area contributed by atoms with Gasteiger partial charge in [-0.25, -0.2) is 4.79 Å². The van der Waals surface area contributed by atoms with Crippen LogP contribution < -0.4 is 11.1 Å². The summed E-state index contributed by atoms with van der Waals surface area (Å²) in [6.07, 6.45) is 2.45. The third-order valence-corrected chi connectivity index (χ3v) is 2.41. The SMILES string of the molecule is CCOC(=O)c1cnn(C)c1CNCCCN. The number of ether oxygens (including phenoxy) is 1. The smallest absolute Gasteiger partial charge is 0.341 e. The van der Waals surface area contributed by atoms with E-state index in [-0.39, 0.29) is 5.97 Å². The molecule has 0 atom stereocenters. The summed E-state index contributed by atoms with van der Waals surface area (Å²) in [6, 6.07) is 0. The van der Waals surface area contributed by atoms with Crippen molar-refractivity contribution < 1.29 is 9.53 Å². The van der Waals surface area contributed by atoms with Gasteiger partial charge < -0.3 is 15.8 Å². The second-order valence-electron chi connectivity index (χ2n) is 3.67. The van der Waals surface area contributed by atoms with E-state index in [4.69, 9.17) is 10.5 Å². The van der Waals surface area contributed by atoms with Crippen LogP contribution in [0.5, 0.6) is 0 Å². The van der Waals surface area contributed by atoms with Gasteiger partial charge in [0.1, 0.15) is 5.56 Å². The molecule has 3 N–H and O–H groups in total. The molecular formula is C11H20N4O2. The molecule has 6 heteroatoms. The summed E-state index contributed by atoms with van der Waals surface area (Å²) >= 11 is 0. The highest BCUT2D eigenvalue weighted by molar-refractivity contribution is 5.90. The average molecular weight is 240 g/mol. The number of nitrogens with one attached hydrogen (secondary N) is 1. The van der Waals surface area contributed by atoms with Crippen LogP contribution in [0.25, 0.3) is 0 Å². The van der Waals surface area contributed by atoms with Crippen LogP contribution in [0.15, 0.2) is 6.20 Å². The van der Waals surface area contributed by atoms with Crippen LogP contribution in [0.3, 0.4) is 0 Å². The second kappa shape index (κ2) is 7.03. The Kier molecular flexibility index (Phi) is 5.65. The maximum atomic E-state index is 11.6. The Morgan fingerprint density at radius 2 is 2.41 bits per heavy atom. The molecule has 0 aliphatic rings. The maximum absolute atomic E-state index is 11.6. The summed E-state index contributed by atoms with van der Waals surface area (Å²) in [4.78, 5) is 11.6. The van der Waals surface area contributed by atoms with E-state index in [1.807, 2.05) is 7.05 Å². The first-order chi connectivity index (χ1) is 8.20. The van der Waals surface area contributed by atoms with E-state index in [0.29, 0.717) is 25.3 Å². The molecule has 0 bridgehead atoms. The summed E-state index contributed by atoms with van der Waals surface area (Å²) in [5.41, 5.74) is 6.76. The van der Waals surface area contributed by atoms with Crippen LogP contribution in [0, 0.1) is 0 Å². The number of hydrogen-bond acceptors (Lipinski definition) is 5. The summed E-state index contributed by atoms with van der Waals surface area (Å²) in [5.74, 6) is -0.323. The van der Waals surface area contributed by atoms with Crippen LogP contribution in [0.1, 0.15) is 29.4 Å². The number of aromatic nitrogens is 2. The fourth-order valence-electron chi connectivity index (χ4n) is 1.49. The van der Waals surface area contributed by atoms with Crippen molar-refractivity contribution in [3.8, 4) is 0 Å². The number of hydrogen-bond donors (Lipinski definition) is 2. The van der Waals surface area contributed by atoms with Gasteiger partial charge in [0.15, 0.2) is 0 Å². The Morgan fingerprint density at radius 3 is 3.06 bits per heavy atom. The van der Waals surface area contributed by atoms with Gasteiger partial charge in [-0.3, -0.25) is 4.68 Å². The van der Waals surface area contributed by atoms with Gasteiger partial charge in [-0.15, -0.1) is 0 Å². The summed E-state index contributed by atoms with van der Waals surface area (Å²) < 4.78 is 6.65. The van der Waals surface area contributed by atoms with Crippen molar-refractivity contribution in [1.29, 1.82) is 0 Å². The molecule has 0 aromatic carbocycles. The van der Waals surface area contributed by atoms with Crippen molar-refractivity contribution >= 4 is 5.97 Å². The van der Waals surface area contributed by atoms with Crippen LogP contribution in [0.4, 0.5) is 0 Å². The molecule has 0 aliphatic heterocycles. The zero-order chi connectivity index (χ0) is 12.7. The molecule has 0 fully saturated rings. The van der Waals surface area contributed by atoms with Crippen molar-refractivity contribution in [1.82, 2.24) is 15.1 Å². The molecule has 0 saturated carbocycles. The maximum Gasteiger partial charge on any atom is 0.341 e. The summed E-state index contributed by atoms with van der Waals surface area (Å²) in [5, 5.41) is 7.29. The number of nitrogens with zero attached hydrogens (tertiary/aromatic N) is 2. The Morgan fingerprint density at radius 1 is 1.65 bits per heavy atom. The van der Waals surface area contributed by atoms with Crippen LogP contribution in [0.2, 0.25) is 0 Å². The number of nitrogens with two attached hydrogens (primary N) is 1. The molecule has 17 heavy (non-hydrogen) atoms. The number of carbonyl (C=O) groups is 1. The van der Waals surface area contributed by atoms with Crippen LogP contribution in [-0.4, -0.2) is 35.4 Å². The van der Waals surface area contributed by atoms with E-state index in [2.05, 4.69) is 10.4 Å². The standard InChI is InChI=1S/C11H20N4O2/c1-3-17-11(16)9-7-14-15(2)10(9)8-13-6-4-5-12/h7,13H,3-6,8,12H2,1-2H3. The number of rotatable bonds is 7. The normalized spacial score (nSPS) is 10.5. The highest BCUT2D eigenvalue weighted by Crippen LogP contribution is 2.09. The fraction of sp³-hybridized carbons (Fsp3) is 0.636. The predicted octanol–water partition coefficient (Wildman–Crippen LogP) is 0.0352. The summed E-state index contributed by atoms with van der Waals surface area (Å²) in [6.45, 7) is 4.22. The largest absolute Gasteiger partial charge is 0.462 e. The molecule has 6 nitrogen and oxygen atoms in total. The Hall–Kier alpha value is -1.40. The van der Waals surface area contributed by atoms with Crippen LogP contribution in [-0.2, 0) is 18.3 Å². The average Bonchev–Trinajstić information content (AvgIpc) is 2.67. The third kappa shape index (κ3) is 3.83. The van der Waals surface area contributed by atoms with Gasteiger partial charge in [0, 0.05) is 13.6 Å². The first-order valence-corrected chi connectivity index (χ1v) is 5.79. The first kappa shape index (κ1) is 13.7. The molecule has 0 spiro atoms. The van der Waals surface area contributed by atoms with Crippen molar-refractivity contribution in [3.63, 3.8) is 0 Å². The Labute approximate surface area is 101 Å². The molecule has 1 rings (SSSR count). The van der Waals surface area contributed by atoms with E-state index >= 15 is 0 Å². The zero-order valence-electron chi connectivity index (χ0n) is 10.4. The molecule has 1 heterocycles. The minimum atomic E-state index is -0.323. The zero-order valence-corrected chi connectivity index (χ0v) is 10.4. The van der Waals surface area contributed by atoms with E-state index in [1.54, 1.807) is 11.6 Å². The Balaban J connectivity index is 2.63. The van der Waals surface area contributed by atoms with Gasteiger partial charge in [-0.05, 0) is 26.4 Å². The lowest BCUT2D eigenvalue weighted by Gasteiger charge is -2.07. The lowest BCUT2D eigenvalue weighted by Crippen LogP contribution is -2.21. The molecule has 1 aromatic rings. The third-order valence-electron chi connectivity index (χ3n) is 2.41. The van der Waals surface area contributed by atoms with Gasteiger partial charge >= 0.3 is 5.97 Å². The van der Waals surface area contributed by atoms with Gasteiger partial charge in [-0.1, -0.05) is 0 Å². The quantitative estimate of drug-likeness (QED) is 0.519. The number of carbonyl (C=O) groups excluding carboxylic acids is 1. The molecule has 0 amide bonds. The molecule has 1 aromatic heterocycles. The predicted molar refractivity (Wildman–Crippen MR) is 64.5 cm³/mol. The van der Waals surface area contributed by atoms with Gasteiger partial charge in [0.25, 0.3) is 0 Å². The number of aryl methyl sites for hydroxylation is 1.